The topological polar surface area (TPSA) is 17.8 Å². The van der Waals surface area contributed by atoms with Crippen LogP contribution in [-0.4, -0.2) is 9.78 Å². The SMILES string of the molecule is Cc1[c]cnn1-c1ccccc1F. The van der Waals surface area contributed by atoms with Gasteiger partial charge in [0.15, 0.2) is 0 Å². The predicted octanol–water partition coefficient (Wildman–Crippen LogP) is 2.12. The van der Waals surface area contributed by atoms with E-state index in [1.54, 1.807) is 18.2 Å². The fraction of sp³-hybridized carbons (Fsp3) is 0.100. The highest BCUT2D eigenvalue weighted by molar-refractivity contribution is 5.33. The fourth-order valence-corrected chi connectivity index (χ4v) is 1.19. The van der Waals surface area contributed by atoms with E-state index < -0.39 is 0 Å². The molecule has 0 saturated carbocycles. The van der Waals surface area contributed by atoms with Crippen molar-refractivity contribution in [1.29, 1.82) is 0 Å². The van der Waals surface area contributed by atoms with Crippen molar-refractivity contribution in [2.45, 2.75) is 6.92 Å². The summed E-state index contributed by atoms with van der Waals surface area (Å²) in [6.07, 6.45) is 1.53. The van der Waals surface area contributed by atoms with Crippen molar-refractivity contribution in [3.63, 3.8) is 0 Å². The van der Waals surface area contributed by atoms with E-state index >= 15 is 0 Å². The van der Waals surface area contributed by atoms with Crippen LogP contribution in [0.1, 0.15) is 5.69 Å². The van der Waals surface area contributed by atoms with Crippen LogP contribution in [-0.2, 0) is 0 Å². The predicted molar refractivity (Wildman–Crippen MR) is 47.1 cm³/mol. The lowest BCUT2D eigenvalue weighted by Gasteiger charge is -2.04. The van der Waals surface area contributed by atoms with Gasteiger partial charge < -0.3 is 0 Å². The zero-order valence-corrected chi connectivity index (χ0v) is 7.16. The number of halogens is 1. The molecule has 0 aliphatic heterocycles. The van der Waals surface area contributed by atoms with E-state index in [2.05, 4.69) is 11.2 Å². The standard InChI is InChI=1S/C10H8FN2/c1-8-6-7-12-13(8)10-5-3-2-4-9(10)11/h2-5,7H,1H3. The maximum Gasteiger partial charge on any atom is 0.148 e. The molecule has 0 spiro atoms. The molecule has 0 aliphatic rings. The molecule has 0 fully saturated rings. The number of aromatic nitrogens is 2. The number of hydrogen-bond acceptors (Lipinski definition) is 1. The summed E-state index contributed by atoms with van der Waals surface area (Å²) in [5.74, 6) is -0.275. The molecule has 2 rings (SSSR count). The van der Waals surface area contributed by atoms with Crippen LogP contribution in [0.5, 0.6) is 0 Å². The van der Waals surface area contributed by atoms with E-state index in [0.717, 1.165) is 5.69 Å². The lowest BCUT2D eigenvalue weighted by molar-refractivity contribution is 0.608. The third kappa shape index (κ3) is 1.33. The van der Waals surface area contributed by atoms with Crippen LogP contribution in [0.15, 0.2) is 30.5 Å². The Morgan fingerprint density at radius 2 is 2.15 bits per heavy atom. The third-order valence-corrected chi connectivity index (χ3v) is 1.84. The molecule has 0 saturated heterocycles. The van der Waals surface area contributed by atoms with E-state index in [1.165, 1.54) is 16.9 Å². The highest BCUT2D eigenvalue weighted by Gasteiger charge is 2.05. The Bertz CT molecular complexity index is 420. The number of para-hydroxylation sites is 1. The van der Waals surface area contributed by atoms with Crippen LogP contribution >= 0.6 is 0 Å². The van der Waals surface area contributed by atoms with Crippen LogP contribution < -0.4 is 0 Å². The van der Waals surface area contributed by atoms with Crippen LogP contribution in [0, 0.1) is 18.8 Å². The quantitative estimate of drug-likeness (QED) is 0.649. The summed E-state index contributed by atoms with van der Waals surface area (Å²) >= 11 is 0. The molecule has 1 aromatic heterocycles. The first-order valence-electron chi connectivity index (χ1n) is 3.96. The van der Waals surface area contributed by atoms with Gasteiger partial charge in [-0.15, -0.1) is 0 Å². The second kappa shape index (κ2) is 3.01. The maximum atomic E-state index is 13.3. The molecule has 13 heavy (non-hydrogen) atoms. The molecule has 65 valence electrons. The van der Waals surface area contributed by atoms with Crippen molar-refractivity contribution in [1.82, 2.24) is 9.78 Å². The molecule has 3 heteroatoms. The summed E-state index contributed by atoms with van der Waals surface area (Å²) in [6, 6.07) is 9.41. The van der Waals surface area contributed by atoms with Gasteiger partial charge in [-0.1, -0.05) is 12.1 Å². The van der Waals surface area contributed by atoms with Crippen molar-refractivity contribution < 1.29 is 4.39 Å². The Morgan fingerprint density at radius 1 is 1.38 bits per heavy atom. The van der Waals surface area contributed by atoms with E-state index in [9.17, 15) is 4.39 Å². The van der Waals surface area contributed by atoms with E-state index in [1.807, 2.05) is 6.92 Å². The van der Waals surface area contributed by atoms with Gasteiger partial charge in [0.1, 0.15) is 11.5 Å². The first-order valence-corrected chi connectivity index (χ1v) is 3.96. The largest absolute Gasteiger partial charge is 0.234 e. The van der Waals surface area contributed by atoms with Gasteiger partial charge in [0.05, 0.1) is 6.20 Å². The third-order valence-electron chi connectivity index (χ3n) is 1.84. The van der Waals surface area contributed by atoms with E-state index in [-0.39, 0.29) is 5.82 Å². The number of benzene rings is 1. The van der Waals surface area contributed by atoms with Gasteiger partial charge in [-0.25, -0.2) is 9.07 Å². The maximum absolute atomic E-state index is 13.3. The first kappa shape index (κ1) is 7.98. The molecule has 1 heterocycles. The van der Waals surface area contributed by atoms with Crippen LogP contribution in [0.4, 0.5) is 4.39 Å². The lowest BCUT2D eigenvalue weighted by atomic mass is 10.3. The highest BCUT2D eigenvalue weighted by Crippen LogP contribution is 2.12. The van der Waals surface area contributed by atoms with Crippen molar-refractivity contribution in [3.05, 3.63) is 48.0 Å². The summed E-state index contributed by atoms with van der Waals surface area (Å²) in [7, 11) is 0. The molecular weight excluding hydrogens is 167 g/mol. The normalized spacial score (nSPS) is 10.3. The van der Waals surface area contributed by atoms with Gasteiger partial charge >= 0.3 is 0 Å². The smallest absolute Gasteiger partial charge is 0.148 e. The monoisotopic (exact) mass is 175 g/mol. The number of hydrogen-bond donors (Lipinski definition) is 0. The highest BCUT2D eigenvalue weighted by atomic mass is 19.1. The van der Waals surface area contributed by atoms with Crippen LogP contribution in [0.3, 0.4) is 0 Å². The summed E-state index contributed by atoms with van der Waals surface area (Å²) in [5.41, 5.74) is 1.26. The average Bonchev–Trinajstić information content (AvgIpc) is 2.52. The van der Waals surface area contributed by atoms with Gasteiger partial charge in [-0.2, -0.15) is 5.10 Å². The Balaban J connectivity index is 2.59. The van der Waals surface area contributed by atoms with Gasteiger partial charge in [0.2, 0.25) is 0 Å². The fourth-order valence-electron chi connectivity index (χ4n) is 1.19. The Labute approximate surface area is 75.6 Å². The molecule has 0 N–H and O–H groups in total. The zero-order chi connectivity index (χ0) is 9.26. The van der Waals surface area contributed by atoms with Crippen molar-refractivity contribution >= 4 is 0 Å². The Hall–Kier alpha value is -1.64. The van der Waals surface area contributed by atoms with Gasteiger partial charge in [0, 0.05) is 11.8 Å². The molecule has 0 bridgehead atoms. The minimum absolute atomic E-state index is 0.275. The van der Waals surface area contributed by atoms with Gasteiger partial charge in [-0.3, -0.25) is 0 Å². The number of nitrogens with zero attached hydrogens (tertiary/aromatic N) is 2. The van der Waals surface area contributed by atoms with Crippen LogP contribution in [0.2, 0.25) is 0 Å². The minimum Gasteiger partial charge on any atom is -0.234 e. The second-order valence-corrected chi connectivity index (χ2v) is 2.74. The first-order chi connectivity index (χ1) is 6.29. The second-order valence-electron chi connectivity index (χ2n) is 2.74. The Morgan fingerprint density at radius 3 is 2.77 bits per heavy atom. The molecule has 0 amide bonds. The minimum atomic E-state index is -0.275. The summed E-state index contributed by atoms with van der Waals surface area (Å²) in [5, 5.41) is 3.97. The molecule has 2 nitrogen and oxygen atoms in total. The summed E-state index contributed by atoms with van der Waals surface area (Å²) < 4.78 is 14.8. The molecule has 1 aromatic carbocycles. The molecule has 2 aromatic rings. The average molecular weight is 175 g/mol. The molecule has 1 radical (unpaired) electrons. The molecule has 0 atom stereocenters. The Kier molecular flexibility index (Phi) is 1.85. The summed E-state index contributed by atoms with van der Waals surface area (Å²) in [6.45, 7) is 1.83. The van der Waals surface area contributed by atoms with Gasteiger partial charge in [-0.05, 0) is 19.1 Å². The molecular formula is C10H8FN2. The number of rotatable bonds is 1. The van der Waals surface area contributed by atoms with Crippen molar-refractivity contribution in [2.75, 3.05) is 0 Å². The van der Waals surface area contributed by atoms with Gasteiger partial charge in [0.25, 0.3) is 0 Å². The molecule has 0 aliphatic carbocycles. The lowest BCUT2D eigenvalue weighted by Crippen LogP contribution is -2.00. The molecule has 0 unspecified atom stereocenters. The summed E-state index contributed by atoms with van der Waals surface area (Å²) in [4.78, 5) is 0. The van der Waals surface area contributed by atoms with E-state index in [4.69, 9.17) is 0 Å². The van der Waals surface area contributed by atoms with Crippen LogP contribution in [0.25, 0.3) is 5.69 Å². The van der Waals surface area contributed by atoms with Crippen molar-refractivity contribution in [2.24, 2.45) is 0 Å². The number of aryl methyl sites for hydroxylation is 1. The zero-order valence-electron chi connectivity index (χ0n) is 7.16. The van der Waals surface area contributed by atoms with Crippen molar-refractivity contribution in [3.8, 4) is 5.69 Å². The van der Waals surface area contributed by atoms with E-state index in [0.29, 0.717) is 5.69 Å².